The van der Waals surface area contributed by atoms with Gasteiger partial charge in [0.15, 0.2) is 0 Å². The highest BCUT2D eigenvalue weighted by Gasteiger charge is 2.26. The van der Waals surface area contributed by atoms with Gasteiger partial charge in [0.2, 0.25) is 11.5 Å². The van der Waals surface area contributed by atoms with Crippen molar-refractivity contribution in [1.82, 2.24) is 19.6 Å². The van der Waals surface area contributed by atoms with Crippen LogP contribution in [0.3, 0.4) is 0 Å². The Morgan fingerprint density at radius 2 is 1.91 bits per heavy atom. The minimum atomic E-state index is -0.335. The summed E-state index contributed by atoms with van der Waals surface area (Å²) in [6.45, 7) is 6.14. The fraction of sp³-hybridized carbons (Fsp3) is 0.308. The molecule has 1 fully saturated rings. The van der Waals surface area contributed by atoms with Crippen molar-refractivity contribution in [3.05, 3.63) is 82.3 Å². The molecule has 4 heterocycles. The van der Waals surface area contributed by atoms with E-state index in [0.29, 0.717) is 43.0 Å². The second kappa shape index (κ2) is 9.81. The van der Waals surface area contributed by atoms with Gasteiger partial charge < -0.3 is 15.8 Å². The molecule has 1 aromatic carbocycles. The van der Waals surface area contributed by atoms with Crippen molar-refractivity contribution < 1.29 is 14.1 Å². The lowest BCUT2D eigenvalue weighted by molar-refractivity contribution is -0.658. The Labute approximate surface area is 202 Å². The van der Waals surface area contributed by atoms with Crippen molar-refractivity contribution in [3.63, 3.8) is 0 Å². The number of fused-ring (bicyclic) bond motifs is 2. The number of hydrogen-bond acceptors (Lipinski definition) is 6. The van der Waals surface area contributed by atoms with Gasteiger partial charge in [0, 0.05) is 25.8 Å². The summed E-state index contributed by atoms with van der Waals surface area (Å²) < 4.78 is 8.73. The number of morpholine rings is 1. The van der Waals surface area contributed by atoms with E-state index in [1.54, 1.807) is 29.0 Å². The first-order chi connectivity index (χ1) is 17.0. The SMILES string of the molecule is C[C@H](NC(=O)c1cc2c(=O)n3ccccc3nc2[n+](CCN2CCOCC2)c1N)c1ccccc1. The molecule has 0 bridgehead atoms. The third-order valence-corrected chi connectivity index (χ3v) is 6.50. The van der Waals surface area contributed by atoms with E-state index in [2.05, 4.69) is 10.2 Å². The zero-order valence-electron chi connectivity index (χ0n) is 19.7. The van der Waals surface area contributed by atoms with Crippen LogP contribution in [0.15, 0.2) is 65.6 Å². The average molecular weight is 474 g/mol. The molecule has 1 aliphatic rings. The molecule has 4 aromatic rings. The molecule has 5 rings (SSSR count). The highest BCUT2D eigenvalue weighted by atomic mass is 16.5. The van der Waals surface area contributed by atoms with Gasteiger partial charge in [0.05, 0.1) is 25.8 Å². The van der Waals surface area contributed by atoms with Gasteiger partial charge in [-0.2, -0.15) is 0 Å². The van der Waals surface area contributed by atoms with Crippen LogP contribution in [0.4, 0.5) is 5.82 Å². The third kappa shape index (κ3) is 4.60. The van der Waals surface area contributed by atoms with E-state index in [-0.39, 0.29) is 28.9 Å². The molecular formula is C26H29N6O3+. The van der Waals surface area contributed by atoms with Crippen molar-refractivity contribution in [2.24, 2.45) is 0 Å². The summed E-state index contributed by atoms with van der Waals surface area (Å²) in [4.78, 5) is 33.8. The van der Waals surface area contributed by atoms with E-state index in [0.717, 1.165) is 18.7 Å². The summed E-state index contributed by atoms with van der Waals surface area (Å²) in [6.07, 6.45) is 1.68. The molecule has 9 nitrogen and oxygen atoms in total. The molecule has 3 N–H and O–H groups in total. The van der Waals surface area contributed by atoms with Crippen LogP contribution in [0.1, 0.15) is 28.9 Å². The fourth-order valence-electron chi connectivity index (χ4n) is 4.47. The summed E-state index contributed by atoms with van der Waals surface area (Å²) in [5.41, 5.74) is 8.58. The van der Waals surface area contributed by atoms with Crippen LogP contribution >= 0.6 is 0 Å². The molecule has 1 atom stereocenters. The number of nitrogens with two attached hydrogens (primary N) is 1. The molecule has 0 aliphatic carbocycles. The summed E-state index contributed by atoms with van der Waals surface area (Å²) in [6, 6.07) is 16.4. The molecule has 1 amide bonds. The highest BCUT2D eigenvalue weighted by molar-refractivity contribution is 6.00. The van der Waals surface area contributed by atoms with Gasteiger partial charge in [0.25, 0.3) is 17.1 Å². The number of benzene rings is 1. The molecule has 0 spiro atoms. The van der Waals surface area contributed by atoms with Crippen molar-refractivity contribution in [1.29, 1.82) is 0 Å². The molecule has 35 heavy (non-hydrogen) atoms. The predicted octanol–water partition coefficient (Wildman–Crippen LogP) is 1.54. The molecule has 1 saturated heterocycles. The zero-order valence-corrected chi connectivity index (χ0v) is 19.7. The Bertz CT molecular complexity index is 1430. The first-order valence-electron chi connectivity index (χ1n) is 11.8. The number of hydrogen-bond donors (Lipinski definition) is 2. The van der Waals surface area contributed by atoms with Crippen LogP contribution in [0.5, 0.6) is 0 Å². The van der Waals surface area contributed by atoms with Crippen LogP contribution in [0, 0.1) is 0 Å². The Morgan fingerprint density at radius 1 is 1.17 bits per heavy atom. The van der Waals surface area contributed by atoms with Gasteiger partial charge in [-0.15, -0.1) is 0 Å². The quantitative estimate of drug-likeness (QED) is 0.325. The Kier molecular flexibility index (Phi) is 6.43. The number of nitrogens with one attached hydrogen (secondary N) is 1. The highest BCUT2D eigenvalue weighted by Crippen LogP contribution is 2.17. The van der Waals surface area contributed by atoms with E-state index in [1.165, 1.54) is 4.40 Å². The van der Waals surface area contributed by atoms with E-state index >= 15 is 0 Å². The van der Waals surface area contributed by atoms with E-state index < -0.39 is 0 Å². The molecular weight excluding hydrogens is 444 g/mol. The van der Waals surface area contributed by atoms with Crippen molar-refractivity contribution in [2.45, 2.75) is 19.5 Å². The number of nitrogens with zero attached hydrogens (tertiary/aromatic N) is 4. The Hall–Kier alpha value is -3.82. The van der Waals surface area contributed by atoms with Gasteiger partial charge in [-0.1, -0.05) is 41.4 Å². The number of aromatic nitrogens is 3. The van der Waals surface area contributed by atoms with Crippen molar-refractivity contribution >= 4 is 28.4 Å². The topological polar surface area (TPSA) is 106 Å². The normalized spacial score (nSPS) is 15.3. The van der Waals surface area contributed by atoms with Gasteiger partial charge in [0.1, 0.15) is 10.9 Å². The maximum Gasteiger partial charge on any atom is 0.278 e. The molecule has 3 aromatic heterocycles. The number of rotatable bonds is 6. The van der Waals surface area contributed by atoms with Gasteiger partial charge in [-0.05, 0) is 30.7 Å². The van der Waals surface area contributed by atoms with Crippen LogP contribution in [-0.2, 0) is 11.3 Å². The number of pyridine rings is 2. The maximum atomic E-state index is 13.4. The summed E-state index contributed by atoms with van der Waals surface area (Å²) >= 11 is 0. The summed E-state index contributed by atoms with van der Waals surface area (Å²) in [5, 5.41) is 3.37. The molecule has 1 aliphatic heterocycles. The second-order valence-corrected chi connectivity index (χ2v) is 8.74. The van der Waals surface area contributed by atoms with E-state index in [4.69, 9.17) is 15.5 Å². The Balaban J connectivity index is 1.58. The summed E-state index contributed by atoms with van der Waals surface area (Å²) in [7, 11) is 0. The molecule has 0 radical (unpaired) electrons. The lowest BCUT2D eigenvalue weighted by Crippen LogP contribution is -2.48. The zero-order chi connectivity index (χ0) is 24.4. The van der Waals surface area contributed by atoms with Gasteiger partial charge in [-0.3, -0.25) is 18.9 Å². The largest absolute Gasteiger partial charge is 0.379 e. The Morgan fingerprint density at radius 3 is 2.69 bits per heavy atom. The number of carbonyl (C=O) groups excluding carboxylic acids is 1. The first-order valence-corrected chi connectivity index (χ1v) is 11.8. The smallest absolute Gasteiger partial charge is 0.278 e. The van der Waals surface area contributed by atoms with Crippen LogP contribution in [0.25, 0.3) is 16.7 Å². The molecule has 0 saturated carbocycles. The lowest BCUT2D eigenvalue weighted by atomic mass is 10.1. The molecule has 180 valence electrons. The maximum absolute atomic E-state index is 13.4. The van der Waals surface area contributed by atoms with Crippen LogP contribution in [0.2, 0.25) is 0 Å². The minimum Gasteiger partial charge on any atom is -0.379 e. The first kappa shape index (κ1) is 22.9. The number of anilines is 1. The minimum absolute atomic E-state index is 0.226. The molecule has 0 unspecified atom stereocenters. The van der Waals surface area contributed by atoms with Crippen LogP contribution in [-0.4, -0.2) is 53.0 Å². The third-order valence-electron chi connectivity index (χ3n) is 6.50. The standard InChI is InChI=1S/C26H28N6O3/c1-18(19-7-3-2-4-8-19)28-25(33)20-17-21-24(29-22-9-5-6-10-31(22)26(21)34)32(23(20)27)12-11-30-13-15-35-16-14-30/h2-10,17-18,27H,11-16H2,1H3,(H,28,33)/p+1/t18-/m0/s1. The monoisotopic (exact) mass is 473 g/mol. The van der Waals surface area contributed by atoms with Crippen molar-refractivity contribution in [2.75, 3.05) is 38.6 Å². The van der Waals surface area contributed by atoms with Gasteiger partial charge >= 0.3 is 0 Å². The van der Waals surface area contributed by atoms with Gasteiger partial charge in [-0.25, -0.2) is 4.57 Å². The average Bonchev–Trinajstić information content (AvgIpc) is 2.89. The number of amides is 1. The lowest BCUT2D eigenvalue weighted by Gasteiger charge is -2.26. The van der Waals surface area contributed by atoms with Crippen molar-refractivity contribution in [3.8, 4) is 0 Å². The summed E-state index contributed by atoms with van der Waals surface area (Å²) in [5.74, 6) is -0.0471. The predicted molar refractivity (Wildman–Crippen MR) is 133 cm³/mol. The second-order valence-electron chi connectivity index (χ2n) is 8.74. The molecule has 9 heteroatoms. The number of nitrogen functional groups attached to an aromatic ring is 1. The number of carbonyl (C=O) groups is 1. The fourth-order valence-corrected chi connectivity index (χ4v) is 4.47. The number of ether oxygens (including phenoxy) is 1. The van der Waals surface area contributed by atoms with E-state index in [9.17, 15) is 9.59 Å². The van der Waals surface area contributed by atoms with E-state index in [1.807, 2.05) is 43.3 Å². The van der Waals surface area contributed by atoms with Crippen LogP contribution < -0.4 is 21.2 Å².